The van der Waals surface area contributed by atoms with Crippen LogP contribution in [0.2, 0.25) is 5.15 Å². The van der Waals surface area contributed by atoms with Gasteiger partial charge in [0.2, 0.25) is 0 Å². The largest absolute Gasteiger partial charge is 0.755 e. The van der Waals surface area contributed by atoms with Crippen LogP contribution in [0.1, 0.15) is 55.0 Å². The average Bonchev–Trinajstić information content (AvgIpc) is 3.39. The standard InChI is InChI=1S/C28H30ClN3O3S2/c1-5-9-22-16-23(27(36-22)32(37(34)35)28(2,3)4)20-14-12-19(13-15-20)17-31-24(18-33)25(29)30-26(31)21-10-7-6-8-11-21/h6-8,10-16,18H,5,9,17H2,1-4H3,(H,34,35)/p-1. The first-order valence-electron chi connectivity index (χ1n) is 12.0. The molecule has 0 aliphatic rings. The third-order valence-electron chi connectivity index (χ3n) is 5.91. The summed E-state index contributed by atoms with van der Waals surface area (Å²) >= 11 is 5.40. The number of anilines is 1. The molecule has 37 heavy (non-hydrogen) atoms. The van der Waals surface area contributed by atoms with E-state index in [0.717, 1.165) is 46.3 Å². The Kier molecular flexibility index (Phi) is 8.33. The van der Waals surface area contributed by atoms with E-state index < -0.39 is 16.8 Å². The molecule has 0 N–H and O–H groups in total. The van der Waals surface area contributed by atoms with Crippen LogP contribution in [0.5, 0.6) is 0 Å². The average molecular weight is 555 g/mol. The van der Waals surface area contributed by atoms with E-state index in [0.29, 0.717) is 23.1 Å². The summed E-state index contributed by atoms with van der Waals surface area (Å²) in [6, 6.07) is 19.7. The van der Waals surface area contributed by atoms with Crippen LogP contribution in [0.3, 0.4) is 0 Å². The zero-order chi connectivity index (χ0) is 26.7. The Morgan fingerprint density at radius 3 is 2.35 bits per heavy atom. The fourth-order valence-electron chi connectivity index (χ4n) is 4.24. The Morgan fingerprint density at radius 2 is 1.78 bits per heavy atom. The van der Waals surface area contributed by atoms with Crippen molar-refractivity contribution in [3.63, 3.8) is 0 Å². The van der Waals surface area contributed by atoms with E-state index in [1.807, 2.05) is 79.9 Å². The summed E-state index contributed by atoms with van der Waals surface area (Å²) in [5.74, 6) is 0.625. The van der Waals surface area contributed by atoms with Crippen molar-refractivity contribution in [2.45, 2.75) is 52.6 Å². The number of aryl methyl sites for hydroxylation is 1. The van der Waals surface area contributed by atoms with E-state index >= 15 is 0 Å². The van der Waals surface area contributed by atoms with Gasteiger partial charge in [-0.15, -0.1) is 11.3 Å². The van der Waals surface area contributed by atoms with E-state index in [1.54, 1.807) is 0 Å². The zero-order valence-electron chi connectivity index (χ0n) is 21.2. The molecule has 2 aromatic heterocycles. The number of benzene rings is 2. The van der Waals surface area contributed by atoms with Crippen LogP contribution < -0.4 is 4.31 Å². The second kappa shape index (κ2) is 11.3. The molecule has 9 heteroatoms. The van der Waals surface area contributed by atoms with E-state index in [1.165, 1.54) is 15.6 Å². The summed E-state index contributed by atoms with van der Waals surface area (Å²) in [6.07, 6.45) is 2.59. The summed E-state index contributed by atoms with van der Waals surface area (Å²) in [5, 5.41) is 0.887. The molecular weight excluding hydrogens is 526 g/mol. The lowest BCUT2D eigenvalue weighted by Crippen LogP contribution is -2.42. The minimum Gasteiger partial charge on any atom is -0.755 e. The zero-order valence-corrected chi connectivity index (χ0v) is 23.6. The third kappa shape index (κ3) is 5.88. The van der Waals surface area contributed by atoms with Gasteiger partial charge in [0.15, 0.2) is 11.4 Å². The van der Waals surface area contributed by atoms with E-state index in [9.17, 15) is 13.6 Å². The highest BCUT2D eigenvalue weighted by atomic mass is 35.5. The molecule has 0 saturated carbocycles. The van der Waals surface area contributed by atoms with Crippen molar-refractivity contribution in [1.29, 1.82) is 0 Å². The van der Waals surface area contributed by atoms with Gasteiger partial charge < -0.3 is 9.12 Å². The number of carbonyl (C=O) groups excluding carboxylic acids is 1. The van der Waals surface area contributed by atoms with Gasteiger partial charge >= 0.3 is 0 Å². The Bertz CT molecular complexity index is 1410. The second-order valence-electron chi connectivity index (χ2n) is 9.74. The first-order chi connectivity index (χ1) is 17.6. The molecule has 0 fully saturated rings. The number of hydrogen-bond acceptors (Lipinski definition) is 5. The number of hydrogen-bond donors (Lipinski definition) is 0. The van der Waals surface area contributed by atoms with Crippen molar-refractivity contribution in [2.75, 3.05) is 4.31 Å². The smallest absolute Gasteiger partial charge is 0.169 e. The molecular formula is C28H29ClN3O3S2-. The molecule has 2 heterocycles. The number of nitrogens with zero attached hydrogens (tertiary/aromatic N) is 3. The van der Waals surface area contributed by atoms with Crippen LogP contribution in [-0.4, -0.2) is 30.1 Å². The Balaban J connectivity index is 1.72. The van der Waals surface area contributed by atoms with E-state index in [-0.39, 0.29) is 5.15 Å². The Labute approximate surface area is 229 Å². The lowest BCUT2D eigenvalue weighted by molar-refractivity contribution is 0.111. The molecule has 6 nitrogen and oxygen atoms in total. The first-order valence-corrected chi connectivity index (χ1v) is 14.2. The summed E-state index contributed by atoms with van der Waals surface area (Å²) in [7, 11) is 0. The molecule has 4 rings (SSSR count). The van der Waals surface area contributed by atoms with Crippen LogP contribution in [0.25, 0.3) is 22.5 Å². The molecule has 0 bridgehead atoms. The highest BCUT2D eigenvalue weighted by Gasteiger charge is 2.28. The molecule has 0 amide bonds. The van der Waals surface area contributed by atoms with Crippen LogP contribution in [-0.2, 0) is 24.2 Å². The van der Waals surface area contributed by atoms with Gasteiger partial charge in [-0.05, 0) is 44.4 Å². The minimum atomic E-state index is -2.41. The number of thiophene rings is 1. The lowest BCUT2D eigenvalue weighted by atomic mass is 10.0. The van der Waals surface area contributed by atoms with Crippen molar-refractivity contribution in [3.05, 3.63) is 82.0 Å². The summed E-state index contributed by atoms with van der Waals surface area (Å²) in [5.41, 5.74) is 3.38. The molecule has 194 valence electrons. The number of rotatable bonds is 9. The number of halogens is 1. The lowest BCUT2D eigenvalue weighted by Gasteiger charge is -2.38. The van der Waals surface area contributed by atoms with Crippen molar-refractivity contribution >= 4 is 45.5 Å². The number of carbonyl (C=O) groups is 1. The normalized spacial score (nSPS) is 12.5. The van der Waals surface area contributed by atoms with Gasteiger partial charge in [-0.2, -0.15) is 0 Å². The maximum Gasteiger partial charge on any atom is 0.169 e. The van der Waals surface area contributed by atoms with Crippen LogP contribution >= 0.6 is 22.9 Å². The van der Waals surface area contributed by atoms with Crippen molar-refractivity contribution in [3.8, 4) is 22.5 Å². The summed E-state index contributed by atoms with van der Waals surface area (Å²) in [4.78, 5) is 17.4. The van der Waals surface area contributed by atoms with Gasteiger partial charge in [0.05, 0.1) is 0 Å². The van der Waals surface area contributed by atoms with Gasteiger partial charge in [0.1, 0.15) is 16.5 Å². The first kappa shape index (κ1) is 27.3. The molecule has 4 aromatic rings. The van der Waals surface area contributed by atoms with Crippen molar-refractivity contribution in [2.24, 2.45) is 0 Å². The monoisotopic (exact) mass is 554 g/mol. The van der Waals surface area contributed by atoms with Crippen molar-refractivity contribution < 1.29 is 13.6 Å². The third-order valence-corrected chi connectivity index (χ3v) is 8.52. The minimum absolute atomic E-state index is 0.171. The SMILES string of the molecule is CCCc1cc(-c2ccc(Cn3c(-c4ccccc4)nc(Cl)c3C=O)cc2)c(N(S(=O)[O-])C(C)(C)C)s1. The van der Waals surface area contributed by atoms with Crippen LogP contribution in [0, 0.1) is 0 Å². The number of imidazole rings is 1. The van der Waals surface area contributed by atoms with E-state index in [4.69, 9.17) is 11.6 Å². The van der Waals surface area contributed by atoms with Gasteiger partial charge in [-0.25, -0.2) is 4.98 Å². The van der Waals surface area contributed by atoms with Gasteiger partial charge in [0.25, 0.3) is 0 Å². The van der Waals surface area contributed by atoms with Crippen LogP contribution in [0.15, 0.2) is 60.7 Å². The highest BCUT2D eigenvalue weighted by molar-refractivity contribution is 7.81. The van der Waals surface area contributed by atoms with Gasteiger partial charge in [-0.3, -0.25) is 13.3 Å². The fraction of sp³-hybridized carbons (Fsp3) is 0.286. The Morgan fingerprint density at radius 1 is 1.11 bits per heavy atom. The molecule has 2 aromatic carbocycles. The number of aldehydes is 1. The molecule has 0 saturated heterocycles. The molecule has 1 unspecified atom stereocenters. The predicted molar refractivity (Wildman–Crippen MR) is 152 cm³/mol. The second-order valence-corrected chi connectivity index (χ2v) is 12.0. The Hall–Kier alpha value is -2.78. The highest BCUT2D eigenvalue weighted by Crippen LogP contribution is 2.43. The maximum absolute atomic E-state index is 12.3. The van der Waals surface area contributed by atoms with Crippen molar-refractivity contribution in [1.82, 2.24) is 9.55 Å². The van der Waals surface area contributed by atoms with E-state index in [2.05, 4.69) is 18.0 Å². The molecule has 1 atom stereocenters. The molecule has 0 aliphatic heterocycles. The van der Waals surface area contributed by atoms with Gasteiger partial charge in [0, 0.05) is 39.4 Å². The molecule has 0 spiro atoms. The van der Waals surface area contributed by atoms with Crippen LogP contribution in [0.4, 0.5) is 5.00 Å². The van der Waals surface area contributed by atoms with Gasteiger partial charge in [-0.1, -0.05) is 79.5 Å². The summed E-state index contributed by atoms with van der Waals surface area (Å²) in [6.45, 7) is 8.19. The quantitative estimate of drug-likeness (QED) is 0.163. The molecule has 0 aliphatic carbocycles. The molecule has 0 radical (unpaired) electrons. The topological polar surface area (TPSA) is 78.3 Å². The summed E-state index contributed by atoms with van der Waals surface area (Å²) < 4.78 is 27.8. The predicted octanol–water partition coefficient (Wildman–Crippen LogP) is 7.14. The maximum atomic E-state index is 12.3. The number of aromatic nitrogens is 2. The fourth-order valence-corrected chi connectivity index (χ4v) is 6.82.